The molecular weight excluding hydrogens is 152 g/mol. The highest BCUT2D eigenvalue weighted by Crippen LogP contribution is 2.14. The molecule has 1 N–H and O–H groups in total. The van der Waals surface area contributed by atoms with Crippen molar-refractivity contribution >= 4 is 0 Å². The molecule has 0 aromatic carbocycles. The van der Waals surface area contributed by atoms with E-state index in [0.717, 1.165) is 18.8 Å². The lowest BCUT2D eigenvalue weighted by atomic mass is 10.2. The number of hydrogen-bond donors (Lipinski definition) is 1. The van der Waals surface area contributed by atoms with Crippen molar-refractivity contribution in [2.75, 3.05) is 19.7 Å². The van der Waals surface area contributed by atoms with Gasteiger partial charge in [0, 0.05) is 19.3 Å². The number of morpholine rings is 1. The molecule has 1 aromatic heterocycles. The van der Waals surface area contributed by atoms with Gasteiger partial charge in [0.1, 0.15) is 6.10 Å². The Morgan fingerprint density at radius 3 is 3.42 bits per heavy atom. The van der Waals surface area contributed by atoms with Gasteiger partial charge in [-0.1, -0.05) is 6.07 Å². The highest BCUT2D eigenvalue weighted by atomic mass is 16.5. The Morgan fingerprint density at radius 2 is 2.67 bits per heavy atom. The van der Waals surface area contributed by atoms with Gasteiger partial charge in [-0.2, -0.15) is 0 Å². The standard InChI is InChI=1S/C9H12N2O/c1-2-4-11-8(3-1)9-7-10-5-6-12-9/h1-4,9-10H,5-7H2/t9-/m0/s1/i4D. The predicted octanol–water partition coefficient (Wildman–Crippen LogP) is 0.743. The molecule has 0 spiro atoms. The maximum absolute atomic E-state index is 7.37. The number of aromatic nitrogens is 1. The van der Waals surface area contributed by atoms with Crippen molar-refractivity contribution in [2.24, 2.45) is 0 Å². The van der Waals surface area contributed by atoms with Gasteiger partial charge < -0.3 is 10.1 Å². The van der Waals surface area contributed by atoms with Crippen LogP contribution in [0.15, 0.2) is 24.4 Å². The minimum atomic E-state index is 0.0130. The third-order valence-corrected chi connectivity index (χ3v) is 1.89. The SMILES string of the molecule is [2H]c1cccc([C@@H]2CNCCO2)n1. The molecule has 1 aliphatic rings. The maximum Gasteiger partial charge on any atom is 0.112 e. The molecule has 1 atom stereocenters. The number of nitrogens with zero attached hydrogens (tertiary/aromatic N) is 1. The van der Waals surface area contributed by atoms with Gasteiger partial charge in [-0.05, 0) is 12.1 Å². The van der Waals surface area contributed by atoms with Crippen LogP contribution in [0.4, 0.5) is 0 Å². The van der Waals surface area contributed by atoms with Gasteiger partial charge >= 0.3 is 0 Å². The van der Waals surface area contributed by atoms with Crippen molar-refractivity contribution < 1.29 is 6.11 Å². The second kappa shape index (κ2) is 3.65. The molecule has 3 heteroatoms. The summed E-state index contributed by atoms with van der Waals surface area (Å²) in [4.78, 5) is 4.10. The summed E-state index contributed by atoms with van der Waals surface area (Å²) in [6.07, 6.45) is 0.311. The molecule has 1 saturated heterocycles. The summed E-state index contributed by atoms with van der Waals surface area (Å²) in [6, 6.07) is 5.40. The summed E-state index contributed by atoms with van der Waals surface area (Å²) in [5.74, 6) is 0. The molecule has 64 valence electrons. The molecule has 12 heavy (non-hydrogen) atoms. The van der Waals surface area contributed by atoms with Crippen LogP contribution >= 0.6 is 0 Å². The van der Waals surface area contributed by atoms with Crippen molar-refractivity contribution in [3.63, 3.8) is 0 Å². The van der Waals surface area contributed by atoms with E-state index in [-0.39, 0.29) is 6.10 Å². The van der Waals surface area contributed by atoms with E-state index in [1.807, 2.05) is 12.1 Å². The number of hydrogen-bond acceptors (Lipinski definition) is 3. The molecule has 0 bridgehead atoms. The highest BCUT2D eigenvalue weighted by Gasteiger charge is 2.15. The van der Waals surface area contributed by atoms with Crippen LogP contribution in [0.2, 0.25) is 0 Å². The van der Waals surface area contributed by atoms with Crippen molar-refractivity contribution in [1.29, 1.82) is 0 Å². The van der Waals surface area contributed by atoms with Crippen LogP contribution < -0.4 is 5.32 Å². The fourth-order valence-electron chi connectivity index (χ4n) is 1.27. The first-order chi connectivity index (χ1) is 6.36. The van der Waals surface area contributed by atoms with Crippen molar-refractivity contribution in [1.82, 2.24) is 10.3 Å². The average molecular weight is 165 g/mol. The third-order valence-electron chi connectivity index (χ3n) is 1.89. The van der Waals surface area contributed by atoms with E-state index in [1.54, 1.807) is 6.07 Å². The van der Waals surface area contributed by atoms with Crippen LogP contribution in [0.25, 0.3) is 0 Å². The molecule has 0 radical (unpaired) electrons. The van der Waals surface area contributed by atoms with Crippen LogP contribution in [-0.2, 0) is 4.74 Å². The zero-order chi connectivity index (χ0) is 9.10. The Balaban J connectivity index is 2.14. The molecule has 0 saturated carbocycles. The first-order valence-corrected chi connectivity index (χ1v) is 4.12. The van der Waals surface area contributed by atoms with Gasteiger partial charge in [0.25, 0.3) is 0 Å². The van der Waals surface area contributed by atoms with Crippen LogP contribution in [0.1, 0.15) is 13.2 Å². The van der Waals surface area contributed by atoms with E-state index in [4.69, 9.17) is 6.11 Å². The summed E-state index contributed by atoms with van der Waals surface area (Å²) < 4.78 is 12.9. The van der Waals surface area contributed by atoms with Gasteiger partial charge in [-0.3, -0.25) is 4.98 Å². The molecule has 2 heterocycles. The summed E-state index contributed by atoms with van der Waals surface area (Å²) in [6.45, 7) is 2.40. The highest BCUT2D eigenvalue weighted by molar-refractivity contribution is 5.07. The van der Waals surface area contributed by atoms with Gasteiger partial charge in [-0.15, -0.1) is 0 Å². The van der Waals surface area contributed by atoms with Gasteiger partial charge in [0.15, 0.2) is 0 Å². The van der Waals surface area contributed by atoms with Crippen LogP contribution in [0.3, 0.4) is 0 Å². The molecule has 2 rings (SSSR count). The van der Waals surface area contributed by atoms with E-state index < -0.39 is 0 Å². The van der Waals surface area contributed by atoms with Crippen LogP contribution in [0, 0.1) is 0 Å². The second-order valence-electron chi connectivity index (χ2n) is 2.76. The minimum Gasteiger partial charge on any atom is -0.369 e. The Kier molecular flexibility index (Phi) is 2.00. The summed E-state index contributed by atoms with van der Waals surface area (Å²) in [5.41, 5.74) is 0.847. The quantitative estimate of drug-likeness (QED) is 0.666. The second-order valence-corrected chi connectivity index (χ2v) is 2.76. The van der Waals surface area contributed by atoms with Crippen molar-refractivity contribution in [3.05, 3.63) is 30.1 Å². The Morgan fingerprint density at radius 1 is 1.67 bits per heavy atom. The lowest BCUT2D eigenvalue weighted by Crippen LogP contribution is -2.33. The van der Waals surface area contributed by atoms with Crippen LogP contribution in [0.5, 0.6) is 0 Å². The van der Waals surface area contributed by atoms with E-state index in [1.165, 1.54) is 0 Å². The first-order valence-electron chi connectivity index (χ1n) is 4.62. The molecule has 0 unspecified atom stereocenters. The topological polar surface area (TPSA) is 34.1 Å². The smallest absolute Gasteiger partial charge is 0.112 e. The number of pyridine rings is 1. The predicted molar refractivity (Wildman–Crippen MR) is 45.8 cm³/mol. The monoisotopic (exact) mass is 165 g/mol. The van der Waals surface area contributed by atoms with Crippen molar-refractivity contribution in [2.45, 2.75) is 6.10 Å². The average Bonchev–Trinajstić information content (AvgIpc) is 2.19. The number of nitrogens with one attached hydrogen (secondary N) is 1. The molecule has 1 fully saturated rings. The molecule has 1 aliphatic heterocycles. The zero-order valence-corrected chi connectivity index (χ0v) is 6.79. The van der Waals surface area contributed by atoms with E-state index in [0.29, 0.717) is 12.8 Å². The van der Waals surface area contributed by atoms with Gasteiger partial charge in [-0.25, -0.2) is 0 Å². The maximum atomic E-state index is 7.37. The lowest BCUT2D eigenvalue weighted by Gasteiger charge is -2.22. The van der Waals surface area contributed by atoms with Gasteiger partial charge in [0.2, 0.25) is 0 Å². The Hall–Kier alpha value is -0.930. The zero-order valence-electron chi connectivity index (χ0n) is 7.79. The Bertz CT molecular complexity index is 287. The largest absolute Gasteiger partial charge is 0.369 e. The first kappa shape index (κ1) is 6.57. The molecule has 3 nitrogen and oxygen atoms in total. The molecule has 1 aromatic rings. The van der Waals surface area contributed by atoms with Gasteiger partial charge in [0.05, 0.1) is 13.7 Å². The number of rotatable bonds is 1. The molecular formula is C9H12N2O. The van der Waals surface area contributed by atoms with E-state index in [2.05, 4.69) is 10.3 Å². The lowest BCUT2D eigenvalue weighted by molar-refractivity contribution is 0.0250. The third kappa shape index (κ3) is 1.62. The van der Waals surface area contributed by atoms with E-state index in [9.17, 15) is 0 Å². The Labute approximate surface area is 73.2 Å². The summed E-state index contributed by atoms with van der Waals surface area (Å²) in [7, 11) is 0. The van der Waals surface area contributed by atoms with Crippen molar-refractivity contribution in [3.8, 4) is 0 Å². The minimum absolute atomic E-state index is 0.0130. The summed E-state index contributed by atoms with van der Waals surface area (Å²) >= 11 is 0. The molecule has 0 amide bonds. The fourth-order valence-corrected chi connectivity index (χ4v) is 1.27. The van der Waals surface area contributed by atoms with Crippen LogP contribution in [-0.4, -0.2) is 24.7 Å². The summed E-state index contributed by atoms with van der Waals surface area (Å²) in [5, 5.41) is 3.23. The number of ether oxygens (including phenoxy) is 1. The van der Waals surface area contributed by atoms with E-state index >= 15 is 0 Å². The normalized spacial score (nSPS) is 25.0. The fraction of sp³-hybridized carbons (Fsp3) is 0.444. The molecule has 0 aliphatic carbocycles.